The number of hydrogen-bond acceptors (Lipinski definition) is 2. The zero-order valence-corrected chi connectivity index (χ0v) is 14.6. The number of nitrogens with zero attached hydrogens (tertiary/aromatic N) is 1. The summed E-state index contributed by atoms with van der Waals surface area (Å²) in [6.45, 7) is 0.554. The van der Waals surface area contributed by atoms with Gasteiger partial charge in [-0.25, -0.2) is 0 Å². The average Bonchev–Trinajstić information content (AvgIpc) is 3.41. The van der Waals surface area contributed by atoms with Crippen LogP contribution < -0.4 is 5.32 Å². The molecule has 0 bridgehead atoms. The Bertz CT molecular complexity index is 573. The van der Waals surface area contributed by atoms with E-state index in [1.54, 1.807) is 11.9 Å². The van der Waals surface area contributed by atoms with Crippen molar-refractivity contribution < 1.29 is 9.59 Å². The molecule has 2 amide bonds. The van der Waals surface area contributed by atoms with Crippen molar-refractivity contribution >= 4 is 11.8 Å². The van der Waals surface area contributed by atoms with E-state index < -0.39 is 5.41 Å². The van der Waals surface area contributed by atoms with E-state index in [1.807, 2.05) is 30.3 Å². The molecule has 0 aromatic heterocycles. The van der Waals surface area contributed by atoms with Crippen LogP contribution in [0.3, 0.4) is 0 Å². The molecule has 3 rings (SSSR count). The molecule has 24 heavy (non-hydrogen) atoms. The van der Waals surface area contributed by atoms with Crippen LogP contribution in [-0.2, 0) is 16.1 Å². The van der Waals surface area contributed by atoms with Gasteiger partial charge < -0.3 is 10.2 Å². The molecule has 0 spiro atoms. The number of carbonyl (C=O) groups excluding carboxylic acids is 2. The van der Waals surface area contributed by atoms with E-state index in [0.717, 1.165) is 18.4 Å². The number of nitrogens with one attached hydrogen (secondary N) is 1. The molecular formula is C20H28N2O2. The molecular weight excluding hydrogens is 300 g/mol. The zero-order chi connectivity index (χ0) is 17.0. The molecule has 130 valence electrons. The summed E-state index contributed by atoms with van der Waals surface area (Å²) >= 11 is 0. The number of rotatable bonds is 5. The second-order valence-electron chi connectivity index (χ2n) is 7.39. The largest absolute Gasteiger partial charge is 0.352 e. The topological polar surface area (TPSA) is 49.4 Å². The van der Waals surface area contributed by atoms with Crippen molar-refractivity contribution in [2.45, 2.75) is 64.0 Å². The first-order valence-corrected chi connectivity index (χ1v) is 9.22. The van der Waals surface area contributed by atoms with Crippen molar-refractivity contribution in [2.24, 2.45) is 5.41 Å². The molecule has 2 aliphatic carbocycles. The van der Waals surface area contributed by atoms with Gasteiger partial charge in [0.15, 0.2) is 0 Å². The van der Waals surface area contributed by atoms with Gasteiger partial charge in [0.25, 0.3) is 0 Å². The predicted molar refractivity (Wildman–Crippen MR) is 94.2 cm³/mol. The van der Waals surface area contributed by atoms with Crippen molar-refractivity contribution in [2.75, 3.05) is 7.05 Å². The van der Waals surface area contributed by atoms with Gasteiger partial charge in [-0.3, -0.25) is 9.59 Å². The number of amides is 2. The van der Waals surface area contributed by atoms with Crippen LogP contribution in [-0.4, -0.2) is 29.8 Å². The van der Waals surface area contributed by atoms with E-state index >= 15 is 0 Å². The van der Waals surface area contributed by atoms with E-state index in [2.05, 4.69) is 5.32 Å². The van der Waals surface area contributed by atoms with Crippen molar-refractivity contribution in [3.8, 4) is 0 Å². The van der Waals surface area contributed by atoms with Crippen molar-refractivity contribution in [3.05, 3.63) is 35.9 Å². The summed E-state index contributed by atoms with van der Waals surface area (Å²) in [6, 6.07) is 10.2. The molecule has 0 atom stereocenters. The summed E-state index contributed by atoms with van der Waals surface area (Å²) < 4.78 is 0. The molecule has 2 aliphatic rings. The monoisotopic (exact) mass is 328 g/mol. The Hall–Kier alpha value is -1.84. The number of benzene rings is 1. The van der Waals surface area contributed by atoms with Gasteiger partial charge in [0, 0.05) is 19.6 Å². The van der Waals surface area contributed by atoms with E-state index in [1.165, 1.54) is 25.7 Å². The van der Waals surface area contributed by atoms with Crippen molar-refractivity contribution in [3.63, 3.8) is 0 Å². The van der Waals surface area contributed by atoms with Crippen LogP contribution in [0.1, 0.15) is 56.9 Å². The highest BCUT2D eigenvalue weighted by atomic mass is 16.2. The van der Waals surface area contributed by atoms with Crippen molar-refractivity contribution in [1.82, 2.24) is 10.2 Å². The first-order valence-electron chi connectivity index (χ1n) is 9.22. The van der Waals surface area contributed by atoms with Gasteiger partial charge >= 0.3 is 0 Å². The molecule has 0 heterocycles. The van der Waals surface area contributed by atoms with Gasteiger partial charge in [-0.2, -0.15) is 0 Å². The minimum Gasteiger partial charge on any atom is -0.352 e. The van der Waals surface area contributed by atoms with Crippen molar-refractivity contribution in [1.29, 1.82) is 0 Å². The molecule has 2 fully saturated rings. The lowest BCUT2D eigenvalue weighted by Gasteiger charge is -2.25. The summed E-state index contributed by atoms with van der Waals surface area (Å²) in [6.07, 6.45) is 8.35. The van der Waals surface area contributed by atoms with E-state index in [0.29, 0.717) is 19.4 Å². The lowest BCUT2D eigenvalue weighted by Crippen LogP contribution is -2.46. The number of hydrogen-bond donors (Lipinski definition) is 1. The van der Waals surface area contributed by atoms with E-state index in [4.69, 9.17) is 0 Å². The van der Waals surface area contributed by atoms with E-state index in [9.17, 15) is 9.59 Å². The second kappa shape index (κ2) is 7.37. The summed E-state index contributed by atoms with van der Waals surface area (Å²) in [5.74, 6) is -0.0724. The first kappa shape index (κ1) is 17.0. The third-order valence-electron chi connectivity index (χ3n) is 5.39. The van der Waals surface area contributed by atoms with Gasteiger partial charge in [0.1, 0.15) is 5.41 Å². The Morgan fingerprint density at radius 1 is 1.08 bits per heavy atom. The molecule has 4 heteroatoms. The fraction of sp³-hybridized carbons (Fsp3) is 0.600. The minimum atomic E-state index is -0.796. The normalized spacial score (nSPS) is 20.0. The third-order valence-corrected chi connectivity index (χ3v) is 5.39. The molecule has 1 aromatic rings. The Labute approximate surface area is 144 Å². The molecule has 1 aromatic carbocycles. The van der Waals surface area contributed by atoms with Gasteiger partial charge in [-0.05, 0) is 31.2 Å². The van der Waals surface area contributed by atoms with E-state index in [-0.39, 0.29) is 17.9 Å². The molecule has 1 N–H and O–H groups in total. The van der Waals surface area contributed by atoms with Gasteiger partial charge in [0.2, 0.25) is 11.8 Å². The zero-order valence-electron chi connectivity index (χ0n) is 14.6. The predicted octanol–water partition coefficient (Wildman–Crippen LogP) is 3.26. The Morgan fingerprint density at radius 2 is 1.71 bits per heavy atom. The molecule has 0 radical (unpaired) electrons. The summed E-state index contributed by atoms with van der Waals surface area (Å²) in [5.41, 5.74) is 0.295. The van der Waals surface area contributed by atoms with Crippen LogP contribution in [0, 0.1) is 5.41 Å². The third kappa shape index (κ3) is 3.80. The quantitative estimate of drug-likeness (QED) is 0.666. The summed E-state index contributed by atoms with van der Waals surface area (Å²) in [5, 5.41) is 3.17. The molecule has 0 saturated heterocycles. The highest BCUT2D eigenvalue weighted by molar-refractivity contribution is 6.07. The van der Waals surface area contributed by atoms with Crippen LogP contribution in [0.15, 0.2) is 30.3 Å². The van der Waals surface area contributed by atoms with Crippen LogP contribution >= 0.6 is 0 Å². The van der Waals surface area contributed by atoms with Gasteiger partial charge in [-0.15, -0.1) is 0 Å². The fourth-order valence-electron chi connectivity index (χ4n) is 3.70. The molecule has 2 saturated carbocycles. The Morgan fingerprint density at radius 3 is 2.29 bits per heavy atom. The first-order chi connectivity index (χ1) is 11.6. The SMILES string of the molecule is CN(Cc1ccccc1)C(=O)C1(C(=O)NC2CCCCCC2)CC1. The number of carbonyl (C=O) groups is 2. The van der Waals surface area contributed by atoms with Crippen LogP contribution in [0.5, 0.6) is 0 Å². The molecule has 0 unspecified atom stereocenters. The van der Waals surface area contributed by atoms with Crippen LogP contribution in [0.25, 0.3) is 0 Å². The fourth-order valence-corrected chi connectivity index (χ4v) is 3.70. The van der Waals surface area contributed by atoms with Gasteiger partial charge in [0.05, 0.1) is 0 Å². The highest BCUT2D eigenvalue weighted by Crippen LogP contribution is 2.47. The Balaban J connectivity index is 1.59. The highest BCUT2D eigenvalue weighted by Gasteiger charge is 2.57. The maximum absolute atomic E-state index is 12.8. The lowest BCUT2D eigenvalue weighted by molar-refractivity contribution is -0.144. The maximum atomic E-state index is 12.8. The minimum absolute atomic E-state index is 0.0301. The van der Waals surface area contributed by atoms with Crippen LogP contribution in [0.4, 0.5) is 0 Å². The standard InChI is InChI=1S/C20H28N2O2/c1-22(15-16-9-5-4-6-10-16)19(24)20(13-14-20)18(23)21-17-11-7-2-3-8-12-17/h4-6,9-10,17H,2-3,7-8,11-15H2,1H3,(H,21,23). The van der Waals surface area contributed by atoms with Crippen LogP contribution in [0.2, 0.25) is 0 Å². The summed E-state index contributed by atoms with van der Waals surface area (Å²) in [7, 11) is 1.80. The molecule has 4 nitrogen and oxygen atoms in total. The lowest BCUT2D eigenvalue weighted by atomic mass is 10.0. The average molecular weight is 328 g/mol. The smallest absolute Gasteiger partial charge is 0.238 e. The Kier molecular flexibility index (Phi) is 5.22. The second-order valence-corrected chi connectivity index (χ2v) is 7.39. The maximum Gasteiger partial charge on any atom is 0.238 e. The van der Waals surface area contributed by atoms with Gasteiger partial charge in [-0.1, -0.05) is 56.0 Å². The molecule has 0 aliphatic heterocycles. The summed E-state index contributed by atoms with van der Waals surface area (Å²) in [4.78, 5) is 27.3.